The van der Waals surface area contributed by atoms with E-state index < -0.39 is 18.2 Å². The molecule has 3 nitrogen and oxygen atoms in total. The number of nitrogens with one attached hydrogen (secondary N) is 1. The first-order valence-electron chi connectivity index (χ1n) is 10.2. The molecule has 156 valence electrons. The number of alkyl halides is 3. The van der Waals surface area contributed by atoms with E-state index in [9.17, 15) is 18.3 Å². The SMILES string of the molecule is CC1(C)CCCC1(O)C(CN1CCC(=N)CC1)c1cccc(CC(F)(F)F)c1. The standard InChI is InChI=1S/C22H31F3N2O/c1-20(2)9-4-10-21(20,28)19(15-27-11-7-18(26)8-12-27)17-6-3-5-16(13-17)14-22(23,24)25/h3,5-6,13,19,26,28H,4,7-12,14-15H2,1-2H3. The third kappa shape index (κ3) is 4.60. The van der Waals surface area contributed by atoms with E-state index in [1.54, 1.807) is 12.1 Å². The highest BCUT2D eigenvalue weighted by atomic mass is 19.4. The lowest BCUT2D eigenvalue weighted by atomic mass is 9.67. The molecular formula is C22H31F3N2O. The number of hydrogen-bond donors (Lipinski definition) is 2. The Labute approximate surface area is 165 Å². The molecule has 2 aliphatic rings. The molecule has 1 aliphatic heterocycles. The Hall–Kier alpha value is -1.40. The lowest BCUT2D eigenvalue weighted by Crippen LogP contribution is -2.50. The van der Waals surface area contributed by atoms with E-state index in [0.29, 0.717) is 13.0 Å². The minimum atomic E-state index is -4.25. The van der Waals surface area contributed by atoms with Gasteiger partial charge in [0.2, 0.25) is 0 Å². The maximum absolute atomic E-state index is 12.9. The molecule has 28 heavy (non-hydrogen) atoms. The fraction of sp³-hybridized carbons (Fsp3) is 0.682. The minimum absolute atomic E-state index is 0.245. The summed E-state index contributed by atoms with van der Waals surface area (Å²) in [5.41, 5.74) is 0.546. The average molecular weight is 396 g/mol. The van der Waals surface area contributed by atoms with Crippen LogP contribution in [0.2, 0.25) is 0 Å². The molecule has 1 aliphatic carbocycles. The van der Waals surface area contributed by atoms with Crippen molar-refractivity contribution in [1.29, 1.82) is 5.41 Å². The van der Waals surface area contributed by atoms with Crippen LogP contribution in [0, 0.1) is 10.8 Å². The number of piperidine rings is 1. The maximum Gasteiger partial charge on any atom is 0.393 e. The normalized spacial score (nSPS) is 27.1. The van der Waals surface area contributed by atoms with Crippen LogP contribution in [0.4, 0.5) is 13.2 Å². The van der Waals surface area contributed by atoms with Crippen LogP contribution in [0.5, 0.6) is 0 Å². The summed E-state index contributed by atoms with van der Waals surface area (Å²) in [6.07, 6.45) is -1.25. The summed E-state index contributed by atoms with van der Waals surface area (Å²) in [4.78, 5) is 2.26. The molecule has 1 aromatic rings. The molecule has 1 saturated heterocycles. The van der Waals surface area contributed by atoms with Gasteiger partial charge in [0.25, 0.3) is 0 Å². The number of likely N-dealkylation sites (tertiary alicyclic amines) is 1. The van der Waals surface area contributed by atoms with Gasteiger partial charge in [-0.3, -0.25) is 0 Å². The van der Waals surface area contributed by atoms with E-state index in [2.05, 4.69) is 18.7 Å². The van der Waals surface area contributed by atoms with Crippen LogP contribution in [0.3, 0.4) is 0 Å². The quantitative estimate of drug-likeness (QED) is 0.741. The van der Waals surface area contributed by atoms with Gasteiger partial charge in [0.1, 0.15) is 0 Å². The van der Waals surface area contributed by atoms with Gasteiger partial charge >= 0.3 is 6.18 Å². The summed E-state index contributed by atoms with van der Waals surface area (Å²) in [6, 6.07) is 6.69. The molecule has 2 N–H and O–H groups in total. The second-order valence-corrected chi connectivity index (χ2v) is 9.16. The zero-order valence-corrected chi connectivity index (χ0v) is 16.8. The molecule has 1 aromatic carbocycles. The summed E-state index contributed by atoms with van der Waals surface area (Å²) in [6.45, 7) is 6.29. The average Bonchev–Trinajstić information content (AvgIpc) is 2.86. The summed E-state index contributed by atoms with van der Waals surface area (Å²) < 4.78 is 38.7. The van der Waals surface area contributed by atoms with Gasteiger partial charge in [-0.05, 0) is 48.6 Å². The van der Waals surface area contributed by atoms with Crippen molar-refractivity contribution in [3.63, 3.8) is 0 Å². The van der Waals surface area contributed by atoms with Crippen molar-refractivity contribution in [2.24, 2.45) is 5.41 Å². The van der Waals surface area contributed by atoms with Crippen molar-refractivity contribution < 1.29 is 18.3 Å². The number of halogens is 3. The van der Waals surface area contributed by atoms with Gasteiger partial charge in [-0.15, -0.1) is 0 Å². The van der Waals surface area contributed by atoms with E-state index >= 15 is 0 Å². The number of nitrogens with zero attached hydrogens (tertiary/aromatic N) is 1. The number of benzene rings is 1. The highest BCUT2D eigenvalue weighted by molar-refractivity contribution is 5.82. The molecular weight excluding hydrogens is 365 g/mol. The smallest absolute Gasteiger partial charge is 0.389 e. The first kappa shape index (κ1) is 21.3. The second kappa shape index (κ2) is 7.79. The molecule has 0 amide bonds. The topological polar surface area (TPSA) is 47.3 Å². The molecule has 6 heteroatoms. The summed E-state index contributed by atoms with van der Waals surface area (Å²) in [5.74, 6) is -0.245. The Morgan fingerprint density at radius 1 is 1.18 bits per heavy atom. The van der Waals surface area contributed by atoms with Crippen LogP contribution in [0.25, 0.3) is 0 Å². The highest BCUT2D eigenvalue weighted by Crippen LogP contribution is 2.53. The van der Waals surface area contributed by atoms with E-state index in [4.69, 9.17) is 5.41 Å². The molecule has 0 spiro atoms. The molecule has 1 saturated carbocycles. The van der Waals surface area contributed by atoms with Crippen LogP contribution in [-0.2, 0) is 6.42 Å². The third-order valence-corrected chi connectivity index (χ3v) is 6.77. The van der Waals surface area contributed by atoms with Gasteiger partial charge in [-0.25, -0.2) is 0 Å². The van der Waals surface area contributed by atoms with E-state index in [-0.39, 0.29) is 16.9 Å². The Balaban J connectivity index is 1.92. The zero-order chi connectivity index (χ0) is 20.6. The fourth-order valence-corrected chi connectivity index (χ4v) is 4.95. The van der Waals surface area contributed by atoms with Crippen LogP contribution in [0.1, 0.15) is 63.0 Å². The Bertz CT molecular complexity index is 706. The van der Waals surface area contributed by atoms with E-state index in [0.717, 1.165) is 50.0 Å². The van der Waals surface area contributed by atoms with Crippen LogP contribution < -0.4 is 0 Å². The van der Waals surface area contributed by atoms with Crippen molar-refractivity contribution in [3.05, 3.63) is 35.4 Å². The lowest BCUT2D eigenvalue weighted by Gasteiger charge is -2.45. The van der Waals surface area contributed by atoms with Gasteiger partial charge < -0.3 is 15.4 Å². The Morgan fingerprint density at radius 2 is 1.86 bits per heavy atom. The third-order valence-electron chi connectivity index (χ3n) is 6.77. The van der Waals surface area contributed by atoms with Gasteiger partial charge in [-0.1, -0.05) is 38.1 Å². The Kier molecular flexibility index (Phi) is 5.93. The predicted molar refractivity (Wildman–Crippen MR) is 105 cm³/mol. The predicted octanol–water partition coefficient (Wildman–Crippen LogP) is 4.93. The van der Waals surface area contributed by atoms with Crippen molar-refractivity contribution in [1.82, 2.24) is 4.90 Å². The highest BCUT2D eigenvalue weighted by Gasteiger charge is 2.53. The second-order valence-electron chi connectivity index (χ2n) is 9.16. The molecule has 3 rings (SSSR count). The summed E-state index contributed by atoms with van der Waals surface area (Å²) in [5, 5.41) is 19.6. The van der Waals surface area contributed by atoms with Crippen molar-refractivity contribution in [2.75, 3.05) is 19.6 Å². The first-order valence-corrected chi connectivity index (χ1v) is 10.2. The fourth-order valence-electron chi connectivity index (χ4n) is 4.95. The summed E-state index contributed by atoms with van der Waals surface area (Å²) in [7, 11) is 0. The van der Waals surface area contributed by atoms with Crippen LogP contribution in [-0.4, -0.2) is 47.1 Å². The van der Waals surface area contributed by atoms with Crippen molar-refractivity contribution >= 4 is 5.71 Å². The molecule has 2 atom stereocenters. The Morgan fingerprint density at radius 3 is 2.43 bits per heavy atom. The lowest BCUT2D eigenvalue weighted by molar-refractivity contribution is -0.127. The van der Waals surface area contributed by atoms with Gasteiger partial charge in [0.05, 0.1) is 12.0 Å². The number of hydrogen-bond acceptors (Lipinski definition) is 3. The van der Waals surface area contributed by atoms with Gasteiger partial charge in [0, 0.05) is 31.3 Å². The monoisotopic (exact) mass is 396 g/mol. The largest absolute Gasteiger partial charge is 0.393 e. The molecule has 0 bridgehead atoms. The molecule has 2 fully saturated rings. The maximum atomic E-state index is 12.9. The number of rotatable bonds is 5. The van der Waals surface area contributed by atoms with Gasteiger partial charge in [-0.2, -0.15) is 13.2 Å². The van der Waals surface area contributed by atoms with Gasteiger partial charge in [0.15, 0.2) is 0 Å². The molecule has 1 heterocycles. The molecule has 0 aromatic heterocycles. The first-order chi connectivity index (χ1) is 13.0. The van der Waals surface area contributed by atoms with Crippen molar-refractivity contribution in [2.45, 2.75) is 70.1 Å². The van der Waals surface area contributed by atoms with E-state index in [1.165, 1.54) is 6.07 Å². The van der Waals surface area contributed by atoms with Crippen LogP contribution in [0.15, 0.2) is 24.3 Å². The number of aliphatic hydroxyl groups is 1. The zero-order valence-electron chi connectivity index (χ0n) is 16.8. The minimum Gasteiger partial charge on any atom is -0.389 e. The summed E-state index contributed by atoms with van der Waals surface area (Å²) >= 11 is 0. The van der Waals surface area contributed by atoms with Crippen LogP contribution >= 0.6 is 0 Å². The van der Waals surface area contributed by atoms with E-state index in [1.807, 2.05) is 6.07 Å². The van der Waals surface area contributed by atoms with Crippen molar-refractivity contribution in [3.8, 4) is 0 Å². The molecule has 2 unspecified atom stereocenters. The molecule has 0 radical (unpaired) electrons.